The molecule has 2 heterocycles. The first-order valence-corrected chi connectivity index (χ1v) is 25.9. The molecule has 0 aliphatic carbocycles. The zero-order valence-electron chi connectivity index (χ0n) is 37.8. The number of allylic oxidation sites excluding steroid dienone is 5. The molecule has 21 heteroatoms. The molecule has 3 atom stereocenters. The van der Waals surface area contributed by atoms with E-state index in [-0.39, 0.29) is 34.5 Å². The Morgan fingerprint density at radius 1 is 0.848 bits per heavy atom. The first-order valence-electron chi connectivity index (χ1n) is 21.4. The first-order chi connectivity index (χ1) is 31.0. The molecule has 0 spiro atoms. The maximum Gasteiger partial charge on any atom is 0.333 e. The Hall–Kier alpha value is -4.87. The van der Waals surface area contributed by atoms with Crippen molar-refractivity contribution in [2.24, 2.45) is 5.92 Å². The average Bonchev–Trinajstić information content (AvgIpc) is 3.68. The van der Waals surface area contributed by atoms with Gasteiger partial charge in [0.2, 0.25) is 17.4 Å². The minimum atomic E-state index is -4.54. The van der Waals surface area contributed by atoms with E-state index in [9.17, 15) is 53.9 Å². The van der Waals surface area contributed by atoms with Gasteiger partial charge in [-0.1, -0.05) is 38.2 Å². The summed E-state index contributed by atoms with van der Waals surface area (Å²) in [7, 11) is -10.1. The summed E-state index contributed by atoms with van der Waals surface area (Å²) in [6.45, 7) is 7.40. The number of anilines is 1. The van der Waals surface area contributed by atoms with Crippen molar-refractivity contribution < 1.29 is 72.8 Å². The third kappa shape index (κ3) is 15.1. The Balaban J connectivity index is 1.55. The number of aromatic nitrogens is 1. The molecule has 0 radical (unpaired) electrons. The molecular weight excluding hydrogens is 919 g/mol. The summed E-state index contributed by atoms with van der Waals surface area (Å²) < 4.78 is 114. The van der Waals surface area contributed by atoms with E-state index in [1.54, 1.807) is 26.4 Å². The van der Waals surface area contributed by atoms with Gasteiger partial charge >= 0.3 is 5.97 Å². The summed E-state index contributed by atoms with van der Waals surface area (Å²) >= 11 is 0. The van der Waals surface area contributed by atoms with Crippen LogP contribution in [-0.4, -0.2) is 116 Å². The zero-order chi connectivity index (χ0) is 48.9. The maximum atomic E-state index is 12.4. The smallest absolute Gasteiger partial charge is 0.333 e. The first kappa shape index (κ1) is 53.7. The van der Waals surface area contributed by atoms with Crippen molar-refractivity contribution in [1.29, 1.82) is 0 Å². The van der Waals surface area contributed by atoms with E-state index in [2.05, 4.69) is 4.58 Å². The number of hydrogen-bond donors (Lipinski definition) is 5. The van der Waals surface area contributed by atoms with Gasteiger partial charge in [-0.25, -0.2) is 4.79 Å². The summed E-state index contributed by atoms with van der Waals surface area (Å²) in [4.78, 5) is 18.8. The minimum absolute atomic E-state index is 0.0309. The summed E-state index contributed by atoms with van der Waals surface area (Å²) in [6.07, 6.45) is 14.9. The maximum absolute atomic E-state index is 12.4. The molecule has 1 aromatic heterocycles. The summed E-state index contributed by atoms with van der Waals surface area (Å²) in [5, 5.41) is 19.6. The fraction of sp³-hybridized carbons (Fsp3) is 0.467. The van der Waals surface area contributed by atoms with Crippen LogP contribution in [0.5, 0.6) is 11.8 Å². The van der Waals surface area contributed by atoms with E-state index in [1.165, 1.54) is 36.4 Å². The Bertz CT molecular complexity index is 2600. The lowest BCUT2D eigenvalue weighted by Gasteiger charge is -2.26. The van der Waals surface area contributed by atoms with Crippen molar-refractivity contribution in [2.45, 2.75) is 93.3 Å². The van der Waals surface area contributed by atoms with Crippen LogP contribution in [0.1, 0.15) is 89.2 Å². The predicted octanol–water partition coefficient (Wildman–Crippen LogP) is 6.58. The molecular formula is C45H62N3O15S3+. The molecule has 1 aliphatic heterocycles. The second-order valence-corrected chi connectivity index (χ2v) is 20.9. The van der Waals surface area contributed by atoms with Gasteiger partial charge in [-0.2, -0.15) is 29.8 Å². The van der Waals surface area contributed by atoms with E-state index in [4.69, 9.17) is 14.3 Å². The monoisotopic (exact) mass is 980 g/mol. The quantitative estimate of drug-likeness (QED) is 0.0234. The van der Waals surface area contributed by atoms with Crippen LogP contribution in [0.4, 0.5) is 11.4 Å². The predicted molar refractivity (Wildman–Crippen MR) is 248 cm³/mol. The molecule has 0 bridgehead atoms. The van der Waals surface area contributed by atoms with Crippen LogP contribution >= 0.6 is 0 Å². The molecule has 0 fully saturated rings. The van der Waals surface area contributed by atoms with Gasteiger partial charge in [0, 0.05) is 81.9 Å². The van der Waals surface area contributed by atoms with Crippen molar-refractivity contribution >= 4 is 53.4 Å². The van der Waals surface area contributed by atoms with Crippen molar-refractivity contribution in [3.63, 3.8) is 0 Å². The molecule has 0 saturated carbocycles. The van der Waals surface area contributed by atoms with Crippen molar-refractivity contribution in [3.05, 3.63) is 96.2 Å². The second-order valence-electron chi connectivity index (χ2n) is 16.4. The lowest BCUT2D eigenvalue weighted by molar-refractivity contribution is -0.438. The number of aromatic hydroxyl groups is 2. The van der Waals surface area contributed by atoms with Crippen LogP contribution < -0.4 is 9.74 Å². The van der Waals surface area contributed by atoms with Crippen LogP contribution in [-0.2, 0) is 50.0 Å². The fourth-order valence-electron chi connectivity index (χ4n) is 7.78. The Morgan fingerprint density at radius 2 is 1.50 bits per heavy atom. The number of methoxy groups -OCH3 is 2. The number of nitrogens with zero attached hydrogens (tertiary/aromatic N) is 3. The largest absolute Gasteiger partial charge is 0.492 e. The average molecular weight is 981 g/mol. The lowest BCUT2D eigenvalue weighted by atomic mass is 9.76. The van der Waals surface area contributed by atoms with Crippen molar-refractivity contribution in [1.82, 2.24) is 4.73 Å². The van der Waals surface area contributed by atoms with E-state index in [0.717, 1.165) is 11.4 Å². The number of benzene rings is 2. The van der Waals surface area contributed by atoms with E-state index < -0.39 is 59.3 Å². The number of hydrogen-bond acceptors (Lipinski definition) is 13. The molecule has 0 saturated heterocycles. The Labute approximate surface area is 387 Å². The molecule has 18 nitrogen and oxygen atoms in total. The van der Waals surface area contributed by atoms with Gasteiger partial charge in [-0.05, 0) is 93.2 Å². The van der Waals surface area contributed by atoms with E-state index in [1.807, 2.05) is 62.3 Å². The number of unbranched alkanes of at least 4 members (excludes halogenated alkanes) is 2. The number of carbonyl (C=O) groups excluding carboxylic acids is 1. The van der Waals surface area contributed by atoms with Crippen LogP contribution in [0.25, 0.3) is 0 Å². The molecule has 66 heavy (non-hydrogen) atoms. The molecule has 1 aliphatic rings. The Morgan fingerprint density at radius 3 is 2.14 bits per heavy atom. The van der Waals surface area contributed by atoms with Gasteiger partial charge in [0.05, 0.1) is 27.6 Å². The number of rotatable bonds is 27. The van der Waals surface area contributed by atoms with E-state index in [0.29, 0.717) is 86.4 Å². The third-order valence-electron chi connectivity index (χ3n) is 11.4. The van der Waals surface area contributed by atoms with E-state index >= 15 is 0 Å². The van der Waals surface area contributed by atoms with Gasteiger partial charge in [0.25, 0.3) is 30.4 Å². The highest BCUT2D eigenvalue weighted by Crippen LogP contribution is 2.44. The number of fused-ring (bicyclic) bond motifs is 1. The third-order valence-corrected chi connectivity index (χ3v) is 13.9. The SMILES string of the molecule is COCCN(C=CCC(C)C=CC=CC1=[N+](CCCCCC(=O)On2c(O)ccc2O)c2ccc(S(=O)(=O)O)cc2C1(C)CCOC)c1ccc(S(=O)(=O)O)cc1C(C)CCCS(=O)(=O)O. The van der Waals surface area contributed by atoms with Gasteiger partial charge in [0.15, 0.2) is 5.71 Å². The fourth-order valence-corrected chi connectivity index (χ4v) is 9.34. The molecule has 3 unspecified atom stereocenters. The summed E-state index contributed by atoms with van der Waals surface area (Å²) in [5.74, 6) is -2.23. The van der Waals surface area contributed by atoms with Crippen LogP contribution in [0.3, 0.4) is 0 Å². The molecule has 0 amide bonds. The summed E-state index contributed by atoms with van der Waals surface area (Å²) in [6, 6.07) is 11.2. The van der Waals surface area contributed by atoms with Crippen molar-refractivity contribution in [2.75, 3.05) is 51.2 Å². The van der Waals surface area contributed by atoms with Crippen molar-refractivity contribution in [3.8, 4) is 11.8 Å². The second kappa shape index (κ2) is 23.7. The molecule has 2 aromatic carbocycles. The van der Waals surface area contributed by atoms with Crippen LogP contribution in [0.2, 0.25) is 0 Å². The van der Waals surface area contributed by atoms with Gasteiger partial charge in [-0.3, -0.25) is 13.7 Å². The number of ether oxygens (including phenoxy) is 2. The highest BCUT2D eigenvalue weighted by Gasteiger charge is 2.48. The highest BCUT2D eigenvalue weighted by atomic mass is 32.2. The lowest BCUT2D eigenvalue weighted by Crippen LogP contribution is -2.33. The molecule has 364 valence electrons. The number of carbonyl (C=O) groups is 1. The Kier molecular flexibility index (Phi) is 19.3. The summed E-state index contributed by atoms with van der Waals surface area (Å²) in [5.41, 5.74) is 2.80. The normalized spacial score (nSPS) is 16.7. The van der Waals surface area contributed by atoms with Gasteiger partial charge < -0.3 is 29.4 Å². The standard InChI is InChI=1S/C45H61N3O15S3/c1-33(14-11-25-46(27-29-62-5)39-20-18-35(65(55,56)57)31-37(39)34(2)15-12-30-64(52,53)54)13-8-9-16-41-45(3,24-28-61-4)38-32-36(66(58,59)60)19-21-40(38)47(41)26-10-6-7-17-44(51)63-48-42(49)22-23-43(48)50/h8-9,11,13,16,18-23,25,31-34H,6-7,10,12,14-15,17,24,26-30H2,1-5H3,(H4-,49,50,52,53,54,55,56,57,58,59,60)/p+1. The van der Waals surface area contributed by atoms with Gasteiger partial charge in [0.1, 0.15) is 6.54 Å². The molecule has 5 N–H and O–H groups in total. The van der Waals surface area contributed by atoms with Crippen LogP contribution in [0, 0.1) is 5.92 Å². The molecule has 4 rings (SSSR count). The van der Waals surface area contributed by atoms with Crippen LogP contribution in [0.15, 0.2) is 94.9 Å². The van der Waals surface area contributed by atoms with Gasteiger partial charge in [-0.15, -0.1) is 4.73 Å². The highest BCUT2D eigenvalue weighted by molar-refractivity contribution is 7.86. The zero-order valence-corrected chi connectivity index (χ0v) is 40.3. The molecule has 3 aromatic rings. The minimum Gasteiger partial charge on any atom is -0.492 e. The topological polar surface area (TPSA) is 260 Å².